The van der Waals surface area contributed by atoms with Crippen LogP contribution in [0.1, 0.15) is 31.7 Å². The molecular formula is C19H19ClN2O3S2. The van der Waals surface area contributed by atoms with Gasteiger partial charge in [0.2, 0.25) is 5.91 Å². The molecule has 1 amide bonds. The van der Waals surface area contributed by atoms with Gasteiger partial charge in [-0.25, -0.2) is 13.4 Å². The summed E-state index contributed by atoms with van der Waals surface area (Å²) in [6.45, 7) is 4.18. The lowest BCUT2D eigenvalue weighted by molar-refractivity contribution is -0.115. The average Bonchev–Trinajstić information content (AvgIpc) is 3.02. The van der Waals surface area contributed by atoms with Crippen molar-refractivity contribution in [2.45, 2.75) is 31.1 Å². The van der Waals surface area contributed by atoms with Crippen LogP contribution in [0.3, 0.4) is 0 Å². The molecule has 1 heterocycles. The number of nitrogens with one attached hydrogen (secondary N) is 1. The third kappa shape index (κ3) is 4.66. The zero-order valence-corrected chi connectivity index (χ0v) is 17.3. The first kappa shape index (κ1) is 19.8. The second-order valence-electron chi connectivity index (χ2n) is 6.44. The van der Waals surface area contributed by atoms with Crippen LogP contribution in [-0.4, -0.2) is 25.1 Å². The molecule has 0 atom stereocenters. The van der Waals surface area contributed by atoms with Crippen molar-refractivity contribution in [1.29, 1.82) is 0 Å². The van der Waals surface area contributed by atoms with Crippen molar-refractivity contribution >= 4 is 54.0 Å². The number of amides is 1. The third-order valence-electron chi connectivity index (χ3n) is 4.09. The number of fused-ring (bicyclic) bond motifs is 1. The molecule has 1 N–H and O–H groups in total. The molecule has 0 saturated carbocycles. The van der Waals surface area contributed by atoms with Crippen LogP contribution in [0.4, 0.5) is 5.13 Å². The zero-order valence-electron chi connectivity index (χ0n) is 14.9. The fourth-order valence-corrected chi connectivity index (χ4v) is 4.94. The minimum Gasteiger partial charge on any atom is -0.302 e. The number of carbonyl (C=O) groups is 1. The smallest absolute Gasteiger partial charge is 0.227 e. The van der Waals surface area contributed by atoms with Gasteiger partial charge < -0.3 is 5.32 Å². The minimum absolute atomic E-state index is 0.141. The number of benzene rings is 2. The predicted molar refractivity (Wildman–Crippen MR) is 110 cm³/mol. The van der Waals surface area contributed by atoms with E-state index >= 15 is 0 Å². The van der Waals surface area contributed by atoms with Gasteiger partial charge in [-0.3, -0.25) is 4.79 Å². The first-order chi connectivity index (χ1) is 12.8. The van der Waals surface area contributed by atoms with E-state index in [-0.39, 0.29) is 23.0 Å². The molecule has 142 valence electrons. The molecule has 0 spiro atoms. The molecule has 3 aromatic rings. The van der Waals surface area contributed by atoms with Crippen molar-refractivity contribution in [2.24, 2.45) is 0 Å². The van der Waals surface area contributed by atoms with Crippen LogP contribution in [0.25, 0.3) is 10.2 Å². The van der Waals surface area contributed by atoms with Gasteiger partial charge in [0.15, 0.2) is 15.0 Å². The maximum Gasteiger partial charge on any atom is 0.227 e. The summed E-state index contributed by atoms with van der Waals surface area (Å²) in [7, 11) is -3.54. The van der Waals surface area contributed by atoms with Gasteiger partial charge >= 0.3 is 0 Å². The van der Waals surface area contributed by atoms with Crippen LogP contribution in [-0.2, 0) is 14.6 Å². The highest BCUT2D eigenvalue weighted by molar-refractivity contribution is 7.91. The molecule has 0 unspecified atom stereocenters. The molecule has 0 radical (unpaired) electrons. The summed E-state index contributed by atoms with van der Waals surface area (Å²) in [4.78, 5) is 16.9. The van der Waals surface area contributed by atoms with E-state index in [0.717, 1.165) is 15.8 Å². The van der Waals surface area contributed by atoms with E-state index in [1.807, 2.05) is 18.2 Å². The van der Waals surface area contributed by atoms with E-state index in [0.29, 0.717) is 16.1 Å². The lowest BCUT2D eigenvalue weighted by atomic mass is 10.0. The Morgan fingerprint density at radius 3 is 2.56 bits per heavy atom. The Morgan fingerprint density at radius 2 is 1.89 bits per heavy atom. The number of para-hydroxylation sites is 1. The van der Waals surface area contributed by atoms with E-state index in [4.69, 9.17) is 11.6 Å². The van der Waals surface area contributed by atoms with E-state index in [1.165, 1.54) is 35.6 Å². The lowest BCUT2D eigenvalue weighted by Gasteiger charge is -2.05. The van der Waals surface area contributed by atoms with Crippen LogP contribution in [0.15, 0.2) is 47.4 Å². The molecule has 0 bridgehead atoms. The number of carbonyl (C=O) groups excluding carboxylic acids is 1. The van der Waals surface area contributed by atoms with Crippen LogP contribution < -0.4 is 5.32 Å². The number of hydrogen-bond donors (Lipinski definition) is 1. The Morgan fingerprint density at radius 1 is 1.19 bits per heavy atom. The largest absolute Gasteiger partial charge is 0.302 e. The van der Waals surface area contributed by atoms with Gasteiger partial charge in [-0.05, 0) is 41.8 Å². The molecule has 0 aliphatic rings. The Balaban J connectivity index is 1.68. The van der Waals surface area contributed by atoms with Gasteiger partial charge in [0.05, 0.1) is 20.9 Å². The van der Waals surface area contributed by atoms with Crippen LogP contribution >= 0.6 is 22.9 Å². The Hall–Kier alpha value is -1.96. The molecule has 1 aromatic heterocycles. The van der Waals surface area contributed by atoms with E-state index in [1.54, 1.807) is 0 Å². The summed E-state index contributed by atoms with van der Waals surface area (Å²) in [6, 6.07) is 11.9. The summed E-state index contributed by atoms with van der Waals surface area (Å²) in [5.74, 6) is -0.329. The predicted octanol–water partition coefficient (Wildman–Crippen LogP) is 4.88. The topological polar surface area (TPSA) is 76.1 Å². The molecule has 3 rings (SSSR count). The fourth-order valence-electron chi connectivity index (χ4n) is 2.66. The maximum atomic E-state index is 12.3. The molecule has 0 saturated heterocycles. The second kappa shape index (κ2) is 7.96. The minimum atomic E-state index is -3.54. The Bertz CT molecular complexity index is 1070. The standard InChI is InChI=1S/C19H19ClN2O3S2/c1-12(2)15-4-3-5-16-18(15)22-19(26-16)21-17(23)10-11-27(24,25)14-8-6-13(20)7-9-14/h3-9,12H,10-11H2,1-2H3,(H,21,22,23). The van der Waals surface area contributed by atoms with Crippen LogP contribution in [0.2, 0.25) is 5.02 Å². The van der Waals surface area contributed by atoms with Crippen molar-refractivity contribution in [3.8, 4) is 0 Å². The maximum absolute atomic E-state index is 12.3. The first-order valence-electron chi connectivity index (χ1n) is 8.44. The van der Waals surface area contributed by atoms with Crippen LogP contribution in [0, 0.1) is 0 Å². The highest BCUT2D eigenvalue weighted by Crippen LogP contribution is 2.31. The van der Waals surface area contributed by atoms with Gasteiger partial charge in [-0.1, -0.05) is 48.9 Å². The molecule has 8 heteroatoms. The van der Waals surface area contributed by atoms with Gasteiger partial charge in [-0.15, -0.1) is 0 Å². The first-order valence-corrected chi connectivity index (χ1v) is 11.3. The van der Waals surface area contributed by atoms with Crippen molar-refractivity contribution in [3.63, 3.8) is 0 Å². The van der Waals surface area contributed by atoms with Crippen molar-refractivity contribution < 1.29 is 13.2 Å². The summed E-state index contributed by atoms with van der Waals surface area (Å²) in [6.07, 6.45) is -0.141. The lowest BCUT2D eigenvalue weighted by Crippen LogP contribution is -2.17. The molecule has 27 heavy (non-hydrogen) atoms. The molecule has 0 aliphatic carbocycles. The number of anilines is 1. The Kier molecular flexibility index (Phi) is 5.83. The number of thiazole rings is 1. The zero-order chi connectivity index (χ0) is 19.6. The second-order valence-corrected chi connectivity index (χ2v) is 10.0. The fraction of sp³-hybridized carbons (Fsp3) is 0.263. The highest BCUT2D eigenvalue weighted by Gasteiger charge is 2.18. The normalized spacial score (nSPS) is 11.9. The number of aromatic nitrogens is 1. The van der Waals surface area contributed by atoms with Crippen molar-refractivity contribution in [3.05, 3.63) is 53.1 Å². The summed E-state index contributed by atoms with van der Waals surface area (Å²) in [5.41, 5.74) is 2.00. The van der Waals surface area contributed by atoms with Gasteiger partial charge in [0.25, 0.3) is 0 Å². The quantitative estimate of drug-likeness (QED) is 0.614. The number of sulfone groups is 1. The molecular weight excluding hydrogens is 404 g/mol. The van der Waals surface area contributed by atoms with Crippen molar-refractivity contribution in [2.75, 3.05) is 11.1 Å². The van der Waals surface area contributed by atoms with Gasteiger partial charge in [-0.2, -0.15) is 0 Å². The summed E-state index contributed by atoms with van der Waals surface area (Å²) in [5, 5.41) is 3.65. The average molecular weight is 423 g/mol. The van der Waals surface area contributed by atoms with Gasteiger partial charge in [0.1, 0.15) is 0 Å². The van der Waals surface area contributed by atoms with Gasteiger partial charge in [0, 0.05) is 11.4 Å². The highest BCUT2D eigenvalue weighted by atomic mass is 35.5. The number of nitrogens with zero attached hydrogens (tertiary/aromatic N) is 1. The molecule has 0 aliphatic heterocycles. The van der Waals surface area contributed by atoms with Crippen LogP contribution in [0.5, 0.6) is 0 Å². The van der Waals surface area contributed by atoms with E-state index < -0.39 is 9.84 Å². The van der Waals surface area contributed by atoms with E-state index in [9.17, 15) is 13.2 Å². The Labute approximate surface area is 167 Å². The summed E-state index contributed by atoms with van der Waals surface area (Å²) >= 11 is 7.16. The summed E-state index contributed by atoms with van der Waals surface area (Å²) < 4.78 is 25.6. The number of hydrogen-bond acceptors (Lipinski definition) is 5. The molecule has 5 nitrogen and oxygen atoms in total. The molecule has 2 aromatic carbocycles. The third-order valence-corrected chi connectivity index (χ3v) is 7.01. The van der Waals surface area contributed by atoms with Crippen molar-refractivity contribution in [1.82, 2.24) is 4.98 Å². The monoisotopic (exact) mass is 422 g/mol. The SMILES string of the molecule is CC(C)c1cccc2sc(NC(=O)CCS(=O)(=O)c3ccc(Cl)cc3)nc12. The number of halogens is 1. The van der Waals surface area contributed by atoms with E-state index in [2.05, 4.69) is 24.1 Å². The molecule has 0 fully saturated rings. The number of rotatable bonds is 6.